The fraction of sp³-hybridized carbons (Fsp3) is 0.455. The van der Waals surface area contributed by atoms with E-state index in [2.05, 4.69) is 15.2 Å². The highest BCUT2D eigenvalue weighted by Crippen LogP contribution is 2.17. The van der Waals surface area contributed by atoms with E-state index in [0.717, 1.165) is 5.82 Å². The number of fused-ring (bicyclic) bond motifs is 1. The number of carboxylic acid groups (broad SMARTS) is 1. The Balaban J connectivity index is 2.33. The van der Waals surface area contributed by atoms with Crippen molar-refractivity contribution in [2.75, 3.05) is 18.5 Å². The molecule has 2 aromatic heterocycles. The fourth-order valence-corrected chi connectivity index (χ4v) is 1.77. The molecule has 0 saturated heterocycles. The minimum Gasteiger partial charge on any atom is -0.481 e. The van der Waals surface area contributed by atoms with E-state index in [0.29, 0.717) is 18.0 Å². The van der Waals surface area contributed by atoms with Gasteiger partial charge in [-0.25, -0.2) is 4.98 Å². The van der Waals surface area contributed by atoms with E-state index >= 15 is 0 Å². The van der Waals surface area contributed by atoms with Crippen LogP contribution in [0.4, 0.5) is 5.82 Å². The Morgan fingerprint density at radius 3 is 2.94 bits per heavy atom. The maximum atomic E-state index is 10.9. The van der Waals surface area contributed by atoms with Crippen molar-refractivity contribution in [3.8, 4) is 0 Å². The van der Waals surface area contributed by atoms with Gasteiger partial charge in [-0.2, -0.15) is 0 Å². The zero-order valence-corrected chi connectivity index (χ0v) is 10.5. The average Bonchev–Trinajstić information content (AvgIpc) is 2.71. The van der Waals surface area contributed by atoms with Gasteiger partial charge in [0.15, 0.2) is 5.82 Å². The summed E-state index contributed by atoms with van der Waals surface area (Å²) in [6.45, 7) is 3.88. The van der Waals surface area contributed by atoms with Crippen LogP contribution in [0.1, 0.15) is 12.7 Å². The lowest BCUT2D eigenvalue weighted by atomic mass is 10.2. The van der Waals surface area contributed by atoms with Crippen LogP contribution in [-0.2, 0) is 4.79 Å². The summed E-state index contributed by atoms with van der Waals surface area (Å²) in [7, 11) is 1.80. The van der Waals surface area contributed by atoms with Gasteiger partial charge in [-0.3, -0.25) is 9.20 Å². The van der Waals surface area contributed by atoms with Crippen molar-refractivity contribution in [2.45, 2.75) is 13.8 Å². The molecule has 2 heterocycles. The van der Waals surface area contributed by atoms with Gasteiger partial charge in [0.1, 0.15) is 5.82 Å². The molecule has 0 spiro atoms. The molecule has 0 fully saturated rings. The molecule has 96 valence electrons. The van der Waals surface area contributed by atoms with Crippen LogP contribution in [-0.4, -0.2) is 44.3 Å². The van der Waals surface area contributed by atoms with Crippen molar-refractivity contribution in [3.63, 3.8) is 0 Å². The number of hydrogen-bond donors (Lipinski definition) is 1. The molecule has 7 heteroatoms. The molecule has 0 aliphatic carbocycles. The van der Waals surface area contributed by atoms with Gasteiger partial charge in [-0.05, 0) is 6.92 Å². The van der Waals surface area contributed by atoms with Crippen molar-refractivity contribution in [2.24, 2.45) is 5.92 Å². The number of nitrogens with zero attached hydrogens (tertiary/aromatic N) is 5. The summed E-state index contributed by atoms with van der Waals surface area (Å²) in [6, 6.07) is 0. The molecule has 1 unspecified atom stereocenters. The second-order valence-electron chi connectivity index (χ2n) is 4.31. The molecule has 0 bridgehead atoms. The van der Waals surface area contributed by atoms with Crippen LogP contribution in [0, 0.1) is 12.8 Å². The van der Waals surface area contributed by atoms with Crippen molar-refractivity contribution >= 4 is 17.4 Å². The third-order valence-electron chi connectivity index (χ3n) is 2.81. The number of aryl methyl sites for hydroxylation is 1. The summed E-state index contributed by atoms with van der Waals surface area (Å²) in [5, 5.41) is 17.0. The van der Waals surface area contributed by atoms with Crippen LogP contribution >= 0.6 is 0 Å². The Kier molecular flexibility index (Phi) is 3.14. The first-order valence-corrected chi connectivity index (χ1v) is 5.61. The predicted octanol–water partition coefficient (Wildman–Crippen LogP) is 0.590. The van der Waals surface area contributed by atoms with Crippen LogP contribution < -0.4 is 4.90 Å². The molecule has 1 atom stereocenters. The highest BCUT2D eigenvalue weighted by atomic mass is 16.4. The standard InChI is InChI=1S/C11H15N5O2/c1-7(11(17)18)6-15(3)9-10-14-13-8(2)16(10)5-4-12-9/h4-5,7H,6H2,1-3H3,(H,17,18). The lowest BCUT2D eigenvalue weighted by Crippen LogP contribution is -2.29. The van der Waals surface area contributed by atoms with Crippen LogP contribution in [0.25, 0.3) is 5.65 Å². The second-order valence-corrected chi connectivity index (χ2v) is 4.31. The number of hydrogen-bond acceptors (Lipinski definition) is 5. The Morgan fingerprint density at radius 2 is 2.28 bits per heavy atom. The normalized spacial score (nSPS) is 12.6. The first kappa shape index (κ1) is 12.3. The highest BCUT2D eigenvalue weighted by Gasteiger charge is 2.17. The highest BCUT2D eigenvalue weighted by molar-refractivity contribution is 5.71. The Bertz CT molecular complexity index is 580. The number of carboxylic acids is 1. The van der Waals surface area contributed by atoms with E-state index in [-0.39, 0.29) is 0 Å². The lowest BCUT2D eigenvalue weighted by Gasteiger charge is -2.20. The topological polar surface area (TPSA) is 83.6 Å². The maximum absolute atomic E-state index is 10.9. The molecular formula is C11H15N5O2. The van der Waals surface area contributed by atoms with Crippen LogP contribution in [0.15, 0.2) is 12.4 Å². The molecule has 0 radical (unpaired) electrons. The van der Waals surface area contributed by atoms with E-state index in [9.17, 15) is 4.79 Å². The molecule has 0 aliphatic heterocycles. The van der Waals surface area contributed by atoms with E-state index in [4.69, 9.17) is 5.11 Å². The largest absolute Gasteiger partial charge is 0.481 e. The van der Waals surface area contributed by atoms with Crippen molar-refractivity contribution < 1.29 is 9.90 Å². The minimum absolute atomic E-state index is 0.369. The van der Waals surface area contributed by atoms with Crippen molar-refractivity contribution in [1.29, 1.82) is 0 Å². The fourth-order valence-electron chi connectivity index (χ4n) is 1.77. The number of rotatable bonds is 4. The lowest BCUT2D eigenvalue weighted by molar-refractivity contribution is -0.140. The quantitative estimate of drug-likeness (QED) is 0.853. The molecular weight excluding hydrogens is 234 g/mol. The zero-order valence-electron chi connectivity index (χ0n) is 10.5. The number of carbonyl (C=O) groups is 1. The van der Waals surface area contributed by atoms with E-state index in [1.807, 2.05) is 11.3 Å². The summed E-state index contributed by atoms with van der Waals surface area (Å²) in [4.78, 5) is 16.9. The van der Waals surface area contributed by atoms with Gasteiger partial charge in [0.2, 0.25) is 5.65 Å². The molecule has 0 saturated carbocycles. The van der Waals surface area contributed by atoms with Gasteiger partial charge in [-0.15, -0.1) is 10.2 Å². The first-order valence-electron chi connectivity index (χ1n) is 5.61. The van der Waals surface area contributed by atoms with Crippen molar-refractivity contribution in [3.05, 3.63) is 18.2 Å². The van der Waals surface area contributed by atoms with E-state index in [1.54, 1.807) is 31.3 Å². The van der Waals surface area contributed by atoms with Gasteiger partial charge in [0.05, 0.1) is 5.92 Å². The average molecular weight is 249 g/mol. The predicted molar refractivity (Wildman–Crippen MR) is 65.6 cm³/mol. The van der Waals surface area contributed by atoms with Crippen LogP contribution in [0.2, 0.25) is 0 Å². The Hall–Kier alpha value is -2.18. The van der Waals surface area contributed by atoms with Crippen molar-refractivity contribution in [1.82, 2.24) is 19.6 Å². The number of anilines is 1. The molecule has 0 aliphatic rings. The molecule has 18 heavy (non-hydrogen) atoms. The van der Waals surface area contributed by atoms with Gasteiger partial charge in [0, 0.05) is 26.0 Å². The SMILES string of the molecule is Cc1nnc2c(N(C)CC(C)C(=O)O)nccn12. The van der Waals surface area contributed by atoms with E-state index < -0.39 is 11.9 Å². The smallest absolute Gasteiger partial charge is 0.308 e. The van der Waals surface area contributed by atoms with E-state index in [1.165, 1.54) is 0 Å². The maximum Gasteiger partial charge on any atom is 0.308 e. The molecule has 0 aromatic carbocycles. The number of aromatic nitrogens is 4. The second kappa shape index (κ2) is 4.59. The summed E-state index contributed by atoms with van der Waals surface area (Å²) in [5.74, 6) is 0.104. The molecule has 2 aromatic rings. The molecule has 2 rings (SSSR count). The van der Waals surface area contributed by atoms with Crippen LogP contribution in [0.3, 0.4) is 0 Å². The molecule has 0 amide bonds. The summed E-state index contributed by atoms with van der Waals surface area (Å²) in [6.07, 6.45) is 3.43. The summed E-state index contributed by atoms with van der Waals surface area (Å²) >= 11 is 0. The third kappa shape index (κ3) is 2.11. The number of aliphatic carboxylic acids is 1. The minimum atomic E-state index is -0.827. The van der Waals surface area contributed by atoms with Crippen LogP contribution in [0.5, 0.6) is 0 Å². The van der Waals surface area contributed by atoms with Gasteiger partial charge < -0.3 is 10.0 Å². The Morgan fingerprint density at radius 1 is 1.56 bits per heavy atom. The molecule has 7 nitrogen and oxygen atoms in total. The first-order chi connectivity index (χ1) is 8.50. The monoisotopic (exact) mass is 249 g/mol. The summed E-state index contributed by atoms with van der Waals surface area (Å²) in [5.41, 5.74) is 0.634. The van der Waals surface area contributed by atoms with Gasteiger partial charge in [-0.1, -0.05) is 6.92 Å². The van der Waals surface area contributed by atoms with Gasteiger partial charge >= 0.3 is 5.97 Å². The Labute approximate surface area is 104 Å². The molecule has 1 N–H and O–H groups in total. The van der Waals surface area contributed by atoms with Gasteiger partial charge in [0.25, 0.3) is 0 Å². The summed E-state index contributed by atoms with van der Waals surface area (Å²) < 4.78 is 1.82. The zero-order chi connectivity index (χ0) is 13.3. The third-order valence-corrected chi connectivity index (χ3v) is 2.81.